The van der Waals surface area contributed by atoms with E-state index in [0.717, 1.165) is 16.0 Å². The van der Waals surface area contributed by atoms with Crippen LogP contribution in [0.1, 0.15) is 17.3 Å². The minimum Gasteiger partial charge on any atom is -0.462 e. The van der Waals surface area contributed by atoms with Crippen LogP contribution in [0, 0.1) is 6.92 Å². The maximum Gasteiger partial charge on any atom is 0.234 e. The second-order valence-corrected chi connectivity index (χ2v) is 7.51. The van der Waals surface area contributed by atoms with Crippen LogP contribution in [0.3, 0.4) is 0 Å². The topological polar surface area (TPSA) is 83.8 Å². The monoisotopic (exact) mass is 452 g/mol. The van der Waals surface area contributed by atoms with Gasteiger partial charge in [-0.15, -0.1) is 5.10 Å². The summed E-state index contributed by atoms with van der Waals surface area (Å²) < 4.78 is 6.29. The van der Waals surface area contributed by atoms with Crippen LogP contribution >= 0.6 is 39.3 Å². The fourth-order valence-corrected chi connectivity index (χ4v) is 3.33. The number of aromatic amines is 1. The third kappa shape index (κ3) is 5.23. The van der Waals surface area contributed by atoms with Crippen LogP contribution in [0.4, 0.5) is 5.69 Å². The summed E-state index contributed by atoms with van der Waals surface area (Å²) in [5.41, 5.74) is 0.563. The molecule has 0 aliphatic heterocycles. The molecule has 2 heterocycles. The van der Waals surface area contributed by atoms with E-state index in [0.29, 0.717) is 21.7 Å². The molecular formula is C17H14BrClN4O2S. The lowest BCUT2D eigenvalue weighted by Gasteiger charge is -2.06. The van der Waals surface area contributed by atoms with Gasteiger partial charge in [-0.2, -0.15) is 0 Å². The van der Waals surface area contributed by atoms with E-state index in [1.807, 2.05) is 25.1 Å². The average molecular weight is 454 g/mol. The highest BCUT2D eigenvalue weighted by Gasteiger charge is 2.09. The number of carbonyl (C=O) groups is 1. The fourth-order valence-electron chi connectivity index (χ4n) is 2.01. The molecule has 1 aromatic carbocycles. The lowest BCUT2D eigenvalue weighted by atomic mass is 10.3. The van der Waals surface area contributed by atoms with Crippen LogP contribution in [-0.4, -0.2) is 26.8 Å². The van der Waals surface area contributed by atoms with Crippen LogP contribution in [0.5, 0.6) is 0 Å². The normalized spacial score (nSPS) is 11.2. The molecule has 6 nitrogen and oxygen atoms in total. The Labute approximate surface area is 167 Å². The van der Waals surface area contributed by atoms with Gasteiger partial charge in [0.1, 0.15) is 17.3 Å². The second-order valence-electron chi connectivity index (χ2n) is 5.25. The number of nitrogens with one attached hydrogen (secondary N) is 2. The van der Waals surface area contributed by atoms with Crippen molar-refractivity contribution < 1.29 is 9.21 Å². The van der Waals surface area contributed by atoms with E-state index in [1.165, 1.54) is 11.8 Å². The van der Waals surface area contributed by atoms with Gasteiger partial charge >= 0.3 is 0 Å². The number of nitrogens with zero attached hydrogens (tertiary/aromatic N) is 2. The number of aryl methyl sites for hydroxylation is 1. The molecule has 0 unspecified atom stereocenters. The summed E-state index contributed by atoms with van der Waals surface area (Å²) in [5, 5.41) is 10.6. The van der Waals surface area contributed by atoms with Crippen molar-refractivity contribution in [3.05, 3.63) is 57.2 Å². The molecular weight excluding hydrogens is 440 g/mol. The van der Waals surface area contributed by atoms with Crippen molar-refractivity contribution in [2.45, 2.75) is 12.1 Å². The minimum atomic E-state index is -0.188. The number of aromatic nitrogens is 3. The van der Waals surface area contributed by atoms with Crippen LogP contribution in [0.25, 0.3) is 12.2 Å². The SMILES string of the molecule is Cc1ccc(/C=C/c2nc(SCC(=O)Nc3ccc(Br)cc3Cl)n[nH]2)o1. The molecule has 0 saturated carbocycles. The van der Waals surface area contributed by atoms with Crippen molar-refractivity contribution in [2.75, 3.05) is 11.1 Å². The Kier molecular flexibility index (Phi) is 6.18. The lowest BCUT2D eigenvalue weighted by Crippen LogP contribution is -2.14. The number of hydrogen-bond donors (Lipinski definition) is 2. The molecule has 26 heavy (non-hydrogen) atoms. The second kappa shape index (κ2) is 8.57. The van der Waals surface area contributed by atoms with E-state index in [2.05, 4.69) is 36.4 Å². The maximum atomic E-state index is 12.0. The van der Waals surface area contributed by atoms with Crippen LogP contribution in [0.2, 0.25) is 5.02 Å². The molecule has 0 radical (unpaired) electrons. The zero-order chi connectivity index (χ0) is 18.5. The molecule has 3 rings (SSSR count). The van der Waals surface area contributed by atoms with Crippen molar-refractivity contribution in [2.24, 2.45) is 0 Å². The number of furan rings is 1. The van der Waals surface area contributed by atoms with Gasteiger partial charge in [-0.1, -0.05) is 39.3 Å². The van der Waals surface area contributed by atoms with Gasteiger partial charge in [0, 0.05) is 4.47 Å². The van der Waals surface area contributed by atoms with Gasteiger partial charge < -0.3 is 9.73 Å². The van der Waals surface area contributed by atoms with Gasteiger partial charge in [0.05, 0.1) is 16.5 Å². The zero-order valence-corrected chi connectivity index (χ0v) is 16.8. The summed E-state index contributed by atoms with van der Waals surface area (Å²) in [4.78, 5) is 16.3. The van der Waals surface area contributed by atoms with Crippen LogP contribution in [0.15, 0.2) is 44.4 Å². The summed E-state index contributed by atoms with van der Waals surface area (Å²) in [6.07, 6.45) is 3.56. The molecule has 3 aromatic rings. The van der Waals surface area contributed by atoms with Crippen molar-refractivity contribution in [1.82, 2.24) is 15.2 Å². The number of anilines is 1. The van der Waals surface area contributed by atoms with E-state index in [9.17, 15) is 4.79 Å². The summed E-state index contributed by atoms with van der Waals surface area (Å²) in [5.74, 6) is 2.14. The first kappa shape index (κ1) is 18.8. The van der Waals surface area contributed by atoms with Crippen LogP contribution in [-0.2, 0) is 4.79 Å². The Hall–Kier alpha value is -2.03. The molecule has 0 aliphatic carbocycles. The zero-order valence-electron chi connectivity index (χ0n) is 13.6. The number of amides is 1. The van der Waals surface area contributed by atoms with Gasteiger partial charge in [0.15, 0.2) is 0 Å². The Morgan fingerprint density at radius 1 is 1.38 bits per heavy atom. The number of carbonyl (C=O) groups excluding carboxylic acids is 1. The molecule has 0 fully saturated rings. The van der Waals surface area contributed by atoms with E-state index in [-0.39, 0.29) is 11.7 Å². The predicted octanol–water partition coefficient (Wildman–Crippen LogP) is 5.02. The Morgan fingerprint density at radius 3 is 2.96 bits per heavy atom. The summed E-state index contributed by atoms with van der Waals surface area (Å²) in [6, 6.07) is 9.02. The molecule has 0 aliphatic rings. The molecule has 0 saturated heterocycles. The van der Waals surface area contributed by atoms with E-state index in [1.54, 1.807) is 24.3 Å². The third-order valence-electron chi connectivity index (χ3n) is 3.19. The van der Waals surface area contributed by atoms with Gasteiger partial charge in [-0.05, 0) is 49.4 Å². The molecule has 0 atom stereocenters. The Bertz CT molecular complexity index is 954. The number of rotatable bonds is 6. The highest BCUT2D eigenvalue weighted by Crippen LogP contribution is 2.26. The highest BCUT2D eigenvalue weighted by atomic mass is 79.9. The van der Waals surface area contributed by atoms with Gasteiger partial charge in [-0.25, -0.2) is 4.98 Å². The van der Waals surface area contributed by atoms with Crippen molar-refractivity contribution >= 4 is 63.0 Å². The number of halogens is 2. The van der Waals surface area contributed by atoms with Crippen LogP contribution < -0.4 is 5.32 Å². The molecule has 2 N–H and O–H groups in total. The number of benzene rings is 1. The molecule has 134 valence electrons. The van der Waals surface area contributed by atoms with Crippen molar-refractivity contribution in [3.63, 3.8) is 0 Å². The number of H-pyrrole nitrogens is 1. The third-order valence-corrected chi connectivity index (χ3v) is 4.84. The predicted molar refractivity (Wildman–Crippen MR) is 107 cm³/mol. The van der Waals surface area contributed by atoms with Gasteiger partial charge in [0.2, 0.25) is 11.1 Å². The maximum absolute atomic E-state index is 12.0. The number of hydrogen-bond acceptors (Lipinski definition) is 5. The smallest absolute Gasteiger partial charge is 0.234 e. The summed E-state index contributed by atoms with van der Waals surface area (Å²) in [6.45, 7) is 1.88. The fraction of sp³-hybridized carbons (Fsp3) is 0.118. The number of thioether (sulfide) groups is 1. The van der Waals surface area contributed by atoms with E-state index >= 15 is 0 Å². The largest absolute Gasteiger partial charge is 0.462 e. The Balaban J connectivity index is 1.52. The van der Waals surface area contributed by atoms with Gasteiger partial charge in [-0.3, -0.25) is 9.89 Å². The van der Waals surface area contributed by atoms with E-state index < -0.39 is 0 Å². The first-order chi connectivity index (χ1) is 12.5. The van der Waals surface area contributed by atoms with Crippen molar-refractivity contribution in [3.8, 4) is 0 Å². The molecule has 9 heteroatoms. The molecule has 0 spiro atoms. The minimum absolute atomic E-state index is 0.171. The Morgan fingerprint density at radius 2 is 2.23 bits per heavy atom. The first-order valence-electron chi connectivity index (χ1n) is 7.54. The summed E-state index contributed by atoms with van der Waals surface area (Å²) >= 11 is 10.6. The van der Waals surface area contributed by atoms with E-state index in [4.69, 9.17) is 16.0 Å². The standard InChI is InChI=1S/C17H14BrClN4O2S/c1-10-2-4-12(25-10)5-7-15-21-17(23-22-15)26-9-16(24)20-14-6-3-11(18)8-13(14)19/h2-8H,9H2,1H3,(H,20,24)(H,21,22,23)/b7-5+. The van der Waals surface area contributed by atoms with Gasteiger partial charge in [0.25, 0.3) is 0 Å². The first-order valence-corrected chi connectivity index (χ1v) is 9.70. The lowest BCUT2D eigenvalue weighted by molar-refractivity contribution is -0.113. The molecule has 2 aromatic heterocycles. The average Bonchev–Trinajstić information content (AvgIpc) is 3.22. The summed E-state index contributed by atoms with van der Waals surface area (Å²) in [7, 11) is 0. The quantitative estimate of drug-likeness (QED) is 0.512. The molecule has 0 bridgehead atoms. The van der Waals surface area contributed by atoms with Crippen molar-refractivity contribution in [1.29, 1.82) is 0 Å². The highest BCUT2D eigenvalue weighted by molar-refractivity contribution is 9.10. The molecule has 1 amide bonds.